The van der Waals surface area contributed by atoms with E-state index in [0.29, 0.717) is 22.4 Å². The maximum Gasteiger partial charge on any atom is 0.295 e. The molecular formula is C25H22N2O5. The molecule has 1 saturated heterocycles. The monoisotopic (exact) mass is 430 g/mol. The van der Waals surface area contributed by atoms with Gasteiger partial charge in [0.25, 0.3) is 11.7 Å². The van der Waals surface area contributed by atoms with Crippen molar-refractivity contribution >= 4 is 17.4 Å². The van der Waals surface area contributed by atoms with Crippen LogP contribution in [0.3, 0.4) is 0 Å². The van der Waals surface area contributed by atoms with Crippen LogP contribution in [0.4, 0.5) is 0 Å². The van der Waals surface area contributed by atoms with Crippen LogP contribution in [0.5, 0.6) is 11.5 Å². The lowest BCUT2D eigenvalue weighted by Crippen LogP contribution is -2.29. The maximum atomic E-state index is 13.1. The summed E-state index contributed by atoms with van der Waals surface area (Å²) in [5.41, 5.74) is 2.48. The van der Waals surface area contributed by atoms with Crippen molar-refractivity contribution in [1.29, 1.82) is 0 Å². The van der Waals surface area contributed by atoms with E-state index in [1.165, 1.54) is 17.0 Å². The van der Waals surface area contributed by atoms with Gasteiger partial charge in [-0.25, -0.2) is 0 Å². The molecule has 1 aromatic heterocycles. The Morgan fingerprint density at radius 2 is 1.88 bits per heavy atom. The number of rotatable bonds is 5. The second-order valence-electron chi connectivity index (χ2n) is 7.56. The molecule has 7 nitrogen and oxygen atoms in total. The van der Waals surface area contributed by atoms with Crippen LogP contribution in [0.1, 0.15) is 28.3 Å². The molecule has 2 heterocycles. The number of amides is 1. The molecule has 1 fully saturated rings. The minimum Gasteiger partial charge on any atom is -0.508 e. The summed E-state index contributed by atoms with van der Waals surface area (Å²) in [6.45, 7) is 1.93. The number of ketones is 1. The Morgan fingerprint density at radius 3 is 2.50 bits per heavy atom. The summed E-state index contributed by atoms with van der Waals surface area (Å²) in [5, 5.41) is 20.9. The summed E-state index contributed by atoms with van der Waals surface area (Å²) in [7, 11) is 1.54. The van der Waals surface area contributed by atoms with E-state index in [9.17, 15) is 19.8 Å². The quantitative estimate of drug-likeness (QED) is 0.364. The number of likely N-dealkylation sites (tertiary alicyclic amines) is 1. The smallest absolute Gasteiger partial charge is 0.295 e. The normalized spacial score (nSPS) is 17.6. The van der Waals surface area contributed by atoms with Crippen molar-refractivity contribution in [1.82, 2.24) is 9.88 Å². The Labute approximate surface area is 185 Å². The zero-order valence-corrected chi connectivity index (χ0v) is 17.6. The van der Waals surface area contributed by atoms with Crippen LogP contribution in [0, 0.1) is 6.92 Å². The van der Waals surface area contributed by atoms with Gasteiger partial charge in [0, 0.05) is 24.5 Å². The van der Waals surface area contributed by atoms with Gasteiger partial charge in [-0.05, 0) is 60.0 Å². The Bertz CT molecular complexity index is 1200. The Kier molecular flexibility index (Phi) is 5.64. The average Bonchev–Trinajstić information content (AvgIpc) is 3.04. The van der Waals surface area contributed by atoms with Gasteiger partial charge in [0.05, 0.1) is 18.7 Å². The van der Waals surface area contributed by atoms with Gasteiger partial charge in [0.15, 0.2) is 0 Å². The minimum absolute atomic E-state index is 0.00199. The summed E-state index contributed by atoms with van der Waals surface area (Å²) in [6, 6.07) is 14.1. The molecule has 32 heavy (non-hydrogen) atoms. The van der Waals surface area contributed by atoms with Crippen LogP contribution >= 0.6 is 0 Å². The molecule has 3 aromatic rings. The fourth-order valence-corrected chi connectivity index (χ4v) is 3.91. The van der Waals surface area contributed by atoms with Crippen molar-refractivity contribution in [2.45, 2.75) is 19.5 Å². The molecule has 0 bridgehead atoms. The van der Waals surface area contributed by atoms with E-state index in [1.54, 1.807) is 62.8 Å². The molecule has 1 aliphatic heterocycles. The van der Waals surface area contributed by atoms with Crippen molar-refractivity contribution in [3.8, 4) is 11.5 Å². The first-order valence-corrected chi connectivity index (χ1v) is 10.0. The molecule has 7 heteroatoms. The number of ether oxygens (including phenoxy) is 1. The van der Waals surface area contributed by atoms with Crippen molar-refractivity contribution < 1.29 is 24.5 Å². The number of hydrogen-bond donors (Lipinski definition) is 2. The van der Waals surface area contributed by atoms with E-state index < -0.39 is 17.7 Å². The summed E-state index contributed by atoms with van der Waals surface area (Å²) < 4.78 is 5.22. The fourth-order valence-electron chi connectivity index (χ4n) is 3.91. The number of phenols is 1. The zero-order valence-electron chi connectivity index (χ0n) is 17.6. The molecule has 0 spiro atoms. The van der Waals surface area contributed by atoms with Crippen molar-refractivity contribution in [3.05, 3.63) is 94.8 Å². The first-order chi connectivity index (χ1) is 15.4. The van der Waals surface area contributed by atoms with Crippen LogP contribution < -0.4 is 4.74 Å². The topological polar surface area (TPSA) is 100.0 Å². The van der Waals surface area contributed by atoms with Gasteiger partial charge >= 0.3 is 0 Å². The molecule has 2 aromatic carbocycles. The largest absolute Gasteiger partial charge is 0.508 e. The SMILES string of the molecule is COc1ccc(/C(O)=C2\C(=O)C(=O)N(Cc3cccnc3)[C@@H]2c2ccc(O)cc2)c(C)c1. The van der Waals surface area contributed by atoms with Gasteiger partial charge in [-0.1, -0.05) is 18.2 Å². The highest BCUT2D eigenvalue weighted by molar-refractivity contribution is 6.46. The van der Waals surface area contributed by atoms with Crippen LogP contribution in [0.15, 0.2) is 72.6 Å². The summed E-state index contributed by atoms with van der Waals surface area (Å²) in [6.07, 6.45) is 3.25. The third-order valence-corrected chi connectivity index (χ3v) is 5.51. The second-order valence-corrected chi connectivity index (χ2v) is 7.56. The number of aromatic hydroxyl groups is 1. The fraction of sp³-hybridized carbons (Fsp3) is 0.160. The van der Waals surface area contributed by atoms with Crippen LogP contribution in [0.25, 0.3) is 5.76 Å². The third-order valence-electron chi connectivity index (χ3n) is 5.51. The van der Waals surface area contributed by atoms with Gasteiger partial charge in [-0.3, -0.25) is 14.6 Å². The second kappa shape index (κ2) is 8.55. The maximum absolute atomic E-state index is 13.1. The summed E-state index contributed by atoms with van der Waals surface area (Å²) in [5.74, 6) is -1.05. The summed E-state index contributed by atoms with van der Waals surface area (Å²) >= 11 is 0. The van der Waals surface area contributed by atoms with E-state index in [2.05, 4.69) is 4.98 Å². The van der Waals surface area contributed by atoms with E-state index in [-0.39, 0.29) is 23.6 Å². The van der Waals surface area contributed by atoms with E-state index in [0.717, 1.165) is 5.56 Å². The standard InChI is InChI=1S/C25H22N2O5/c1-15-12-19(32-2)9-10-20(15)23(29)21-22(17-5-7-18(28)8-6-17)27(25(31)24(21)30)14-16-4-3-11-26-13-16/h3-13,22,28-29H,14H2,1-2H3/b23-21+/t22-/m1/s1. The van der Waals surface area contributed by atoms with Gasteiger partial charge < -0.3 is 19.8 Å². The van der Waals surface area contributed by atoms with E-state index in [4.69, 9.17) is 4.74 Å². The highest BCUT2D eigenvalue weighted by Gasteiger charge is 2.46. The molecule has 4 rings (SSSR count). The molecular weight excluding hydrogens is 408 g/mol. The number of pyridine rings is 1. The van der Waals surface area contributed by atoms with Gasteiger partial charge in [0.2, 0.25) is 0 Å². The number of aryl methyl sites for hydroxylation is 1. The number of methoxy groups -OCH3 is 1. The number of aliphatic hydroxyl groups excluding tert-OH is 1. The van der Waals surface area contributed by atoms with Gasteiger partial charge in [-0.15, -0.1) is 0 Å². The van der Waals surface area contributed by atoms with Crippen molar-refractivity contribution in [2.24, 2.45) is 0 Å². The molecule has 0 saturated carbocycles. The number of aromatic nitrogens is 1. The highest BCUT2D eigenvalue weighted by atomic mass is 16.5. The van der Waals surface area contributed by atoms with Crippen LogP contribution in [0.2, 0.25) is 0 Å². The Hall–Kier alpha value is -4.13. The number of benzene rings is 2. The summed E-state index contributed by atoms with van der Waals surface area (Å²) in [4.78, 5) is 31.6. The lowest BCUT2D eigenvalue weighted by atomic mass is 9.93. The van der Waals surface area contributed by atoms with Gasteiger partial charge in [0.1, 0.15) is 17.3 Å². The zero-order chi connectivity index (χ0) is 22.8. The molecule has 0 unspecified atom stereocenters. The number of phenolic OH excluding ortho intramolecular Hbond substituents is 1. The lowest BCUT2D eigenvalue weighted by Gasteiger charge is -2.25. The predicted octanol–water partition coefficient (Wildman–Crippen LogP) is 3.73. The first kappa shape index (κ1) is 21.1. The third kappa shape index (κ3) is 3.80. The molecule has 162 valence electrons. The molecule has 1 amide bonds. The Morgan fingerprint density at radius 1 is 1.12 bits per heavy atom. The Balaban J connectivity index is 1.87. The number of Topliss-reactive ketones (excluding diaryl/α,β-unsaturated/α-hetero) is 1. The average molecular weight is 430 g/mol. The number of carbonyl (C=O) groups is 2. The lowest BCUT2D eigenvalue weighted by molar-refractivity contribution is -0.140. The van der Waals surface area contributed by atoms with Crippen molar-refractivity contribution in [2.75, 3.05) is 7.11 Å². The molecule has 1 aliphatic rings. The number of hydrogen-bond acceptors (Lipinski definition) is 6. The first-order valence-electron chi connectivity index (χ1n) is 10.0. The highest BCUT2D eigenvalue weighted by Crippen LogP contribution is 2.41. The number of aliphatic hydroxyl groups is 1. The van der Waals surface area contributed by atoms with Crippen molar-refractivity contribution in [3.63, 3.8) is 0 Å². The number of carbonyl (C=O) groups excluding carboxylic acids is 2. The van der Waals surface area contributed by atoms with E-state index in [1.807, 2.05) is 6.07 Å². The molecule has 2 N–H and O–H groups in total. The predicted molar refractivity (Wildman–Crippen MR) is 118 cm³/mol. The van der Waals surface area contributed by atoms with E-state index >= 15 is 0 Å². The van der Waals surface area contributed by atoms with Crippen LogP contribution in [-0.2, 0) is 16.1 Å². The van der Waals surface area contributed by atoms with Crippen LogP contribution in [-0.4, -0.2) is 38.9 Å². The molecule has 0 radical (unpaired) electrons. The molecule has 0 aliphatic carbocycles. The molecule has 1 atom stereocenters. The number of nitrogens with zero attached hydrogens (tertiary/aromatic N) is 2. The van der Waals surface area contributed by atoms with Gasteiger partial charge in [-0.2, -0.15) is 0 Å². The minimum atomic E-state index is -0.822.